The molecule has 0 saturated carbocycles. The molecule has 7 nitrogen and oxygen atoms in total. The predicted octanol–water partition coefficient (Wildman–Crippen LogP) is 2.80. The van der Waals surface area contributed by atoms with E-state index in [1.807, 2.05) is 51.9 Å². The van der Waals surface area contributed by atoms with Crippen LogP contribution in [0.15, 0.2) is 42.6 Å². The molecular weight excluding hydrogens is 356 g/mol. The van der Waals surface area contributed by atoms with Crippen LogP contribution >= 0.6 is 0 Å². The summed E-state index contributed by atoms with van der Waals surface area (Å²) in [5.74, 6) is 2.90. The topological polar surface area (TPSA) is 69.0 Å². The average Bonchev–Trinajstić information content (AvgIpc) is 3.38. The summed E-state index contributed by atoms with van der Waals surface area (Å²) in [6.45, 7) is 1.78. The van der Waals surface area contributed by atoms with E-state index in [0.717, 1.165) is 47.9 Å². The number of nitrogens with zero attached hydrogens (tertiary/aromatic N) is 4. The van der Waals surface area contributed by atoms with Crippen molar-refractivity contribution in [2.24, 2.45) is 0 Å². The van der Waals surface area contributed by atoms with Gasteiger partial charge in [-0.05, 0) is 49.1 Å². The third-order valence-corrected chi connectivity index (χ3v) is 5.54. The van der Waals surface area contributed by atoms with E-state index in [0.29, 0.717) is 19.4 Å². The fourth-order valence-corrected chi connectivity index (χ4v) is 4.06. The Bertz CT molecular complexity index is 1020. The van der Waals surface area contributed by atoms with E-state index in [1.165, 1.54) is 0 Å². The second-order valence-electron chi connectivity index (χ2n) is 7.35. The van der Waals surface area contributed by atoms with E-state index in [4.69, 9.17) is 9.47 Å². The number of hydrogen-bond acceptors (Lipinski definition) is 5. The minimum Gasteiger partial charge on any atom is -0.454 e. The number of aryl methyl sites for hydroxylation is 1. The van der Waals surface area contributed by atoms with Gasteiger partial charge in [0.05, 0.1) is 0 Å². The maximum Gasteiger partial charge on any atom is 0.231 e. The van der Waals surface area contributed by atoms with E-state index in [-0.39, 0.29) is 18.6 Å². The zero-order valence-corrected chi connectivity index (χ0v) is 15.6. The Morgan fingerprint density at radius 3 is 3.04 bits per heavy atom. The molecule has 1 fully saturated rings. The fraction of sp³-hybridized carbons (Fsp3) is 0.381. The second kappa shape index (κ2) is 7.14. The molecule has 28 heavy (non-hydrogen) atoms. The predicted molar refractivity (Wildman–Crippen MR) is 102 cm³/mol. The van der Waals surface area contributed by atoms with Crippen molar-refractivity contribution in [3.8, 4) is 11.5 Å². The zero-order valence-electron chi connectivity index (χ0n) is 15.6. The Kier molecular flexibility index (Phi) is 4.35. The van der Waals surface area contributed by atoms with E-state index < -0.39 is 0 Å². The minimum atomic E-state index is 0.191. The molecule has 1 aromatic carbocycles. The Balaban J connectivity index is 1.24. The molecule has 1 atom stereocenters. The molecule has 7 heteroatoms. The number of rotatable bonds is 4. The molecule has 0 radical (unpaired) electrons. The van der Waals surface area contributed by atoms with Crippen LogP contribution in [0.3, 0.4) is 0 Å². The van der Waals surface area contributed by atoms with Crippen molar-refractivity contribution >= 4 is 11.6 Å². The van der Waals surface area contributed by atoms with Crippen molar-refractivity contribution in [1.82, 2.24) is 19.5 Å². The number of carbonyl (C=O) groups excluding carboxylic acids is 1. The molecule has 3 aromatic rings. The van der Waals surface area contributed by atoms with E-state index in [2.05, 4.69) is 10.2 Å². The van der Waals surface area contributed by atoms with Crippen molar-refractivity contribution in [3.05, 3.63) is 54.0 Å². The van der Waals surface area contributed by atoms with Crippen LogP contribution in [0.5, 0.6) is 11.5 Å². The molecule has 1 unspecified atom stereocenters. The van der Waals surface area contributed by atoms with Gasteiger partial charge in [-0.1, -0.05) is 12.1 Å². The van der Waals surface area contributed by atoms with E-state index in [9.17, 15) is 4.79 Å². The molecule has 2 aliphatic rings. The number of piperidine rings is 1. The normalized spacial score (nSPS) is 18.6. The van der Waals surface area contributed by atoms with Crippen molar-refractivity contribution in [2.45, 2.75) is 31.6 Å². The van der Waals surface area contributed by atoms with Gasteiger partial charge in [0.25, 0.3) is 0 Å². The molecule has 5 rings (SSSR count). The van der Waals surface area contributed by atoms with Crippen molar-refractivity contribution in [1.29, 1.82) is 0 Å². The van der Waals surface area contributed by atoms with Crippen LogP contribution in [0, 0.1) is 0 Å². The molecule has 0 bridgehead atoms. The van der Waals surface area contributed by atoms with Crippen LogP contribution in [0.4, 0.5) is 0 Å². The van der Waals surface area contributed by atoms with Gasteiger partial charge in [0.1, 0.15) is 5.82 Å². The van der Waals surface area contributed by atoms with Crippen molar-refractivity contribution in [3.63, 3.8) is 0 Å². The first-order chi connectivity index (χ1) is 13.8. The van der Waals surface area contributed by atoms with Crippen LogP contribution in [0.2, 0.25) is 0 Å². The fourth-order valence-electron chi connectivity index (χ4n) is 4.06. The Morgan fingerprint density at radius 1 is 1.14 bits per heavy atom. The highest BCUT2D eigenvalue weighted by Crippen LogP contribution is 2.33. The quantitative estimate of drug-likeness (QED) is 0.698. The Morgan fingerprint density at radius 2 is 2.07 bits per heavy atom. The van der Waals surface area contributed by atoms with Gasteiger partial charge in [-0.3, -0.25) is 9.20 Å². The highest BCUT2D eigenvalue weighted by Gasteiger charge is 2.27. The summed E-state index contributed by atoms with van der Waals surface area (Å²) < 4.78 is 12.8. The molecule has 0 N–H and O–H groups in total. The van der Waals surface area contributed by atoms with Crippen molar-refractivity contribution in [2.75, 3.05) is 19.9 Å². The van der Waals surface area contributed by atoms with Gasteiger partial charge in [-0.15, -0.1) is 10.2 Å². The third kappa shape index (κ3) is 3.17. The number of likely N-dealkylation sites (tertiary alicyclic amines) is 1. The first-order valence-corrected chi connectivity index (χ1v) is 9.74. The summed E-state index contributed by atoms with van der Waals surface area (Å²) >= 11 is 0. The van der Waals surface area contributed by atoms with Crippen LogP contribution in [-0.2, 0) is 11.2 Å². The summed E-state index contributed by atoms with van der Waals surface area (Å²) in [5.41, 5.74) is 1.94. The molecule has 1 amide bonds. The maximum atomic E-state index is 12.8. The minimum absolute atomic E-state index is 0.191. The maximum absolute atomic E-state index is 12.8. The molecular formula is C21H22N4O3. The SMILES string of the molecule is O=C(CCc1ccc2c(c1)OCO2)N1CCCC(c2nnc3ccccn23)C1. The van der Waals surface area contributed by atoms with Gasteiger partial charge in [0, 0.05) is 31.6 Å². The van der Waals surface area contributed by atoms with Crippen LogP contribution in [0.1, 0.15) is 36.6 Å². The number of amides is 1. The number of ether oxygens (including phenoxy) is 2. The number of hydrogen-bond donors (Lipinski definition) is 0. The lowest BCUT2D eigenvalue weighted by Crippen LogP contribution is -2.39. The molecule has 4 heterocycles. The Labute approximate surface area is 162 Å². The largest absolute Gasteiger partial charge is 0.454 e. The molecule has 2 aliphatic heterocycles. The number of pyridine rings is 1. The van der Waals surface area contributed by atoms with Crippen LogP contribution in [0.25, 0.3) is 5.65 Å². The number of aromatic nitrogens is 3. The molecule has 0 aliphatic carbocycles. The van der Waals surface area contributed by atoms with E-state index >= 15 is 0 Å². The number of fused-ring (bicyclic) bond motifs is 2. The van der Waals surface area contributed by atoms with Crippen LogP contribution in [-0.4, -0.2) is 45.3 Å². The summed E-state index contributed by atoms with van der Waals surface area (Å²) in [5, 5.41) is 8.64. The second-order valence-corrected chi connectivity index (χ2v) is 7.35. The Hall–Kier alpha value is -3.09. The monoisotopic (exact) mass is 378 g/mol. The summed E-state index contributed by atoms with van der Waals surface area (Å²) in [6, 6.07) is 11.8. The number of benzene rings is 1. The van der Waals surface area contributed by atoms with Gasteiger partial charge in [0.15, 0.2) is 17.1 Å². The molecule has 144 valence electrons. The smallest absolute Gasteiger partial charge is 0.231 e. The van der Waals surface area contributed by atoms with Gasteiger partial charge in [-0.25, -0.2) is 0 Å². The summed E-state index contributed by atoms with van der Waals surface area (Å²) in [4.78, 5) is 14.8. The van der Waals surface area contributed by atoms with Gasteiger partial charge in [-0.2, -0.15) is 0 Å². The first kappa shape index (κ1) is 17.0. The summed E-state index contributed by atoms with van der Waals surface area (Å²) in [7, 11) is 0. The van der Waals surface area contributed by atoms with Gasteiger partial charge in [0.2, 0.25) is 12.7 Å². The zero-order chi connectivity index (χ0) is 18.9. The average molecular weight is 378 g/mol. The highest BCUT2D eigenvalue weighted by atomic mass is 16.7. The lowest BCUT2D eigenvalue weighted by molar-refractivity contribution is -0.132. The summed E-state index contributed by atoms with van der Waals surface area (Å²) in [6.07, 6.45) is 5.20. The van der Waals surface area contributed by atoms with Gasteiger partial charge >= 0.3 is 0 Å². The lowest BCUT2D eigenvalue weighted by atomic mass is 9.96. The number of carbonyl (C=O) groups is 1. The molecule has 1 saturated heterocycles. The third-order valence-electron chi connectivity index (χ3n) is 5.54. The molecule has 2 aromatic heterocycles. The molecule has 0 spiro atoms. The van der Waals surface area contributed by atoms with Gasteiger partial charge < -0.3 is 14.4 Å². The highest BCUT2D eigenvalue weighted by molar-refractivity contribution is 5.76. The standard InChI is InChI=1S/C21H22N4O3/c26-20(9-7-15-6-8-17-18(12-15)28-14-27-17)24-10-3-4-16(13-24)21-23-22-19-5-1-2-11-25(19)21/h1-2,5-6,8,11-12,16H,3-4,7,9-10,13-14H2. The van der Waals surface area contributed by atoms with E-state index in [1.54, 1.807) is 0 Å². The lowest BCUT2D eigenvalue weighted by Gasteiger charge is -2.32. The van der Waals surface area contributed by atoms with Crippen LogP contribution < -0.4 is 9.47 Å². The first-order valence-electron chi connectivity index (χ1n) is 9.74. The van der Waals surface area contributed by atoms with Crippen molar-refractivity contribution < 1.29 is 14.3 Å².